The first-order valence-corrected chi connectivity index (χ1v) is 6.11. The summed E-state index contributed by atoms with van der Waals surface area (Å²) in [7, 11) is 1.81. The van der Waals surface area contributed by atoms with E-state index >= 15 is 0 Å². The number of carbonyl (C=O) groups is 1. The third-order valence-electron chi connectivity index (χ3n) is 3.37. The van der Waals surface area contributed by atoms with Crippen LogP contribution >= 0.6 is 0 Å². The van der Waals surface area contributed by atoms with Crippen LogP contribution in [0.5, 0.6) is 0 Å². The summed E-state index contributed by atoms with van der Waals surface area (Å²) in [5, 5.41) is 4.21. The fraction of sp³-hybridized carbons (Fsp3) is 0.667. The lowest BCUT2D eigenvalue weighted by Gasteiger charge is -2.16. The first kappa shape index (κ1) is 12.1. The van der Waals surface area contributed by atoms with E-state index < -0.39 is 0 Å². The van der Waals surface area contributed by atoms with Crippen LogP contribution in [0.2, 0.25) is 0 Å². The zero-order valence-electron chi connectivity index (χ0n) is 10.5. The zero-order valence-corrected chi connectivity index (χ0v) is 10.5. The number of nitrogens with two attached hydrogens (primary N) is 1. The predicted molar refractivity (Wildman–Crippen MR) is 65.6 cm³/mol. The summed E-state index contributed by atoms with van der Waals surface area (Å²) in [6, 6.07) is 1.85. The van der Waals surface area contributed by atoms with Gasteiger partial charge in [-0.2, -0.15) is 5.10 Å². The Balaban J connectivity index is 2.04. The lowest BCUT2D eigenvalue weighted by molar-refractivity contribution is 0.0776. The lowest BCUT2D eigenvalue weighted by atomic mass is 10.1. The molecule has 0 spiro atoms. The molecule has 0 aromatic carbocycles. The van der Waals surface area contributed by atoms with Gasteiger partial charge in [-0.05, 0) is 38.3 Å². The van der Waals surface area contributed by atoms with E-state index in [4.69, 9.17) is 5.73 Å². The predicted octanol–water partition coefficient (Wildman–Crippen LogP) is 0.539. The van der Waals surface area contributed by atoms with E-state index in [1.165, 1.54) is 0 Å². The Morgan fingerprint density at radius 3 is 3.00 bits per heavy atom. The Labute approximate surface area is 102 Å². The molecule has 2 N–H and O–H groups in total. The van der Waals surface area contributed by atoms with Crippen molar-refractivity contribution in [1.29, 1.82) is 0 Å². The van der Waals surface area contributed by atoms with Gasteiger partial charge in [0.2, 0.25) is 0 Å². The largest absolute Gasteiger partial charge is 0.337 e. The van der Waals surface area contributed by atoms with Crippen LogP contribution in [-0.4, -0.2) is 40.2 Å². The molecule has 1 aromatic rings. The van der Waals surface area contributed by atoms with Gasteiger partial charge in [-0.25, -0.2) is 0 Å². The number of hydrogen-bond donors (Lipinski definition) is 1. The molecule has 5 heteroatoms. The number of rotatable bonds is 3. The SMILES string of the molecule is Cc1cc(C(=O)N2CCC(CCN)C2)n(C)n1. The molecular formula is C12H20N4O. The van der Waals surface area contributed by atoms with Crippen LogP contribution in [0.4, 0.5) is 0 Å². The number of carbonyl (C=O) groups excluding carboxylic acids is 1. The van der Waals surface area contributed by atoms with Gasteiger partial charge < -0.3 is 10.6 Å². The molecule has 94 valence electrons. The molecule has 1 aromatic heterocycles. The minimum absolute atomic E-state index is 0.0904. The highest BCUT2D eigenvalue weighted by Crippen LogP contribution is 2.20. The molecule has 1 amide bonds. The maximum Gasteiger partial charge on any atom is 0.272 e. The molecule has 1 fully saturated rings. The maximum atomic E-state index is 12.3. The molecule has 1 aliphatic rings. The molecule has 1 aliphatic heterocycles. The van der Waals surface area contributed by atoms with E-state index in [2.05, 4.69) is 5.10 Å². The number of aromatic nitrogens is 2. The van der Waals surface area contributed by atoms with Gasteiger partial charge in [0.15, 0.2) is 0 Å². The molecule has 2 rings (SSSR count). The number of hydrogen-bond acceptors (Lipinski definition) is 3. The lowest BCUT2D eigenvalue weighted by Crippen LogP contribution is -2.30. The van der Waals surface area contributed by atoms with E-state index in [0.29, 0.717) is 18.2 Å². The number of likely N-dealkylation sites (tertiary alicyclic amines) is 1. The molecule has 1 saturated heterocycles. The van der Waals surface area contributed by atoms with Crippen molar-refractivity contribution in [3.8, 4) is 0 Å². The highest BCUT2D eigenvalue weighted by molar-refractivity contribution is 5.92. The number of amides is 1. The molecular weight excluding hydrogens is 216 g/mol. The van der Waals surface area contributed by atoms with Crippen molar-refractivity contribution in [2.45, 2.75) is 19.8 Å². The fourth-order valence-corrected chi connectivity index (χ4v) is 2.46. The van der Waals surface area contributed by atoms with E-state index in [1.807, 2.05) is 24.9 Å². The molecule has 2 heterocycles. The molecule has 0 radical (unpaired) electrons. The Bertz CT molecular complexity index is 413. The Morgan fingerprint density at radius 1 is 1.65 bits per heavy atom. The number of nitrogens with zero attached hydrogens (tertiary/aromatic N) is 3. The minimum Gasteiger partial charge on any atom is -0.337 e. The zero-order chi connectivity index (χ0) is 12.4. The summed E-state index contributed by atoms with van der Waals surface area (Å²) in [4.78, 5) is 14.2. The average Bonchev–Trinajstić information content (AvgIpc) is 2.85. The summed E-state index contributed by atoms with van der Waals surface area (Å²) in [6.07, 6.45) is 2.08. The summed E-state index contributed by atoms with van der Waals surface area (Å²) >= 11 is 0. The summed E-state index contributed by atoms with van der Waals surface area (Å²) in [6.45, 7) is 4.28. The van der Waals surface area contributed by atoms with Crippen molar-refractivity contribution < 1.29 is 4.79 Å². The second kappa shape index (κ2) is 4.87. The van der Waals surface area contributed by atoms with E-state index in [1.54, 1.807) is 4.68 Å². The molecule has 1 atom stereocenters. The van der Waals surface area contributed by atoms with Gasteiger partial charge in [-0.1, -0.05) is 0 Å². The van der Waals surface area contributed by atoms with Crippen LogP contribution in [0.25, 0.3) is 0 Å². The van der Waals surface area contributed by atoms with Gasteiger partial charge in [0.1, 0.15) is 5.69 Å². The van der Waals surface area contributed by atoms with E-state index in [9.17, 15) is 4.79 Å². The third kappa shape index (κ3) is 2.49. The molecule has 0 aliphatic carbocycles. The highest BCUT2D eigenvalue weighted by atomic mass is 16.2. The smallest absolute Gasteiger partial charge is 0.272 e. The van der Waals surface area contributed by atoms with Gasteiger partial charge in [-0.3, -0.25) is 9.48 Å². The summed E-state index contributed by atoms with van der Waals surface area (Å²) in [5.41, 5.74) is 7.11. The monoisotopic (exact) mass is 236 g/mol. The van der Waals surface area contributed by atoms with Crippen molar-refractivity contribution in [3.05, 3.63) is 17.5 Å². The molecule has 0 saturated carbocycles. The van der Waals surface area contributed by atoms with E-state index in [0.717, 1.165) is 31.6 Å². The quantitative estimate of drug-likeness (QED) is 0.833. The fourth-order valence-electron chi connectivity index (χ4n) is 2.46. The van der Waals surface area contributed by atoms with Gasteiger partial charge >= 0.3 is 0 Å². The third-order valence-corrected chi connectivity index (χ3v) is 3.37. The van der Waals surface area contributed by atoms with Crippen molar-refractivity contribution in [3.63, 3.8) is 0 Å². The standard InChI is InChI=1S/C12H20N4O/c1-9-7-11(15(2)14-9)12(17)16-6-4-10(8-16)3-5-13/h7,10H,3-6,8,13H2,1-2H3. The topological polar surface area (TPSA) is 64.2 Å². The maximum absolute atomic E-state index is 12.3. The molecule has 1 unspecified atom stereocenters. The first-order valence-electron chi connectivity index (χ1n) is 6.11. The molecule has 17 heavy (non-hydrogen) atoms. The van der Waals surface area contributed by atoms with Crippen molar-refractivity contribution in [2.24, 2.45) is 18.7 Å². The van der Waals surface area contributed by atoms with Gasteiger partial charge in [0, 0.05) is 20.1 Å². The second-order valence-corrected chi connectivity index (χ2v) is 4.78. The normalized spacial score (nSPS) is 19.9. The van der Waals surface area contributed by atoms with Gasteiger partial charge in [0.05, 0.1) is 5.69 Å². The van der Waals surface area contributed by atoms with Crippen molar-refractivity contribution in [2.75, 3.05) is 19.6 Å². The summed E-state index contributed by atoms with van der Waals surface area (Å²) < 4.78 is 1.66. The van der Waals surface area contributed by atoms with Crippen LogP contribution in [-0.2, 0) is 7.05 Å². The van der Waals surface area contributed by atoms with Crippen LogP contribution in [0.3, 0.4) is 0 Å². The van der Waals surface area contributed by atoms with Crippen molar-refractivity contribution >= 4 is 5.91 Å². The average molecular weight is 236 g/mol. The summed E-state index contributed by atoms with van der Waals surface area (Å²) in [5.74, 6) is 0.658. The number of aryl methyl sites for hydroxylation is 2. The van der Waals surface area contributed by atoms with E-state index in [-0.39, 0.29) is 5.91 Å². The van der Waals surface area contributed by atoms with Crippen LogP contribution < -0.4 is 5.73 Å². The Kier molecular flexibility index (Phi) is 3.47. The molecule has 5 nitrogen and oxygen atoms in total. The van der Waals surface area contributed by atoms with Crippen LogP contribution in [0.1, 0.15) is 29.0 Å². The second-order valence-electron chi connectivity index (χ2n) is 4.78. The highest BCUT2D eigenvalue weighted by Gasteiger charge is 2.27. The minimum atomic E-state index is 0.0904. The Morgan fingerprint density at radius 2 is 2.41 bits per heavy atom. The Hall–Kier alpha value is -1.36. The first-order chi connectivity index (χ1) is 8.11. The van der Waals surface area contributed by atoms with Crippen LogP contribution in [0.15, 0.2) is 6.07 Å². The van der Waals surface area contributed by atoms with Gasteiger partial charge in [0.25, 0.3) is 5.91 Å². The van der Waals surface area contributed by atoms with Crippen LogP contribution in [0, 0.1) is 12.8 Å². The van der Waals surface area contributed by atoms with Gasteiger partial charge in [-0.15, -0.1) is 0 Å². The molecule has 0 bridgehead atoms. The van der Waals surface area contributed by atoms with Crippen molar-refractivity contribution in [1.82, 2.24) is 14.7 Å².